The average Bonchev–Trinajstić information content (AvgIpc) is 2.93. The Balaban J connectivity index is 1.32. The third-order valence-electron chi connectivity index (χ3n) is 5.69. The third kappa shape index (κ3) is 3.25. The molecule has 3 heterocycles. The molecule has 4 heteroatoms. The molecule has 5 rings (SSSR count). The first-order valence-electron chi connectivity index (χ1n) is 10.2. The number of nitrogens with one attached hydrogen (secondary N) is 2. The van der Waals surface area contributed by atoms with E-state index in [2.05, 4.69) is 39.6 Å². The van der Waals surface area contributed by atoms with Crippen molar-refractivity contribution in [2.45, 2.75) is 25.7 Å². The van der Waals surface area contributed by atoms with Gasteiger partial charge in [-0.05, 0) is 55.1 Å². The number of hydrogen-bond donors (Lipinski definition) is 2. The molecule has 0 saturated heterocycles. The number of fused-ring (bicyclic) bond motifs is 4. The zero-order valence-corrected chi connectivity index (χ0v) is 16.0. The van der Waals surface area contributed by atoms with Gasteiger partial charge in [-0.15, -0.1) is 0 Å². The van der Waals surface area contributed by atoms with Crippen LogP contribution in [0.5, 0.6) is 5.75 Å². The van der Waals surface area contributed by atoms with Crippen molar-refractivity contribution in [1.29, 1.82) is 0 Å². The van der Waals surface area contributed by atoms with E-state index in [4.69, 9.17) is 4.74 Å². The summed E-state index contributed by atoms with van der Waals surface area (Å²) in [6.07, 6.45) is 7.92. The number of nitrogens with zero attached hydrogens (tertiary/aromatic N) is 1. The van der Waals surface area contributed by atoms with E-state index in [-0.39, 0.29) is 0 Å². The minimum Gasteiger partial charge on any atom is -0.493 e. The van der Waals surface area contributed by atoms with Crippen molar-refractivity contribution in [3.63, 3.8) is 0 Å². The Kier molecular flexibility index (Phi) is 4.71. The fourth-order valence-corrected chi connectivity index (χ4v) is 4.36. The van der Waals surface area contributed by atoms with Crippen LogP contribution in [0, 0.1) is 0 Å². The van der Waals surface area contributed by atoms with Crippen molar-refractivity contribution in [2.24, 2.45) is 0 Å². The maximum atomic E-state index is 6.12. The van der Waals surface area contributed by atoms with Crippen molar-refractivity contribution in [2.75, 3.05) is 19.7 Å². The molecule has 0 unspecified atom stereocenters. The van der Waals surface area contributed by atoms with Gasteiger partial charge in [0.25, 0.3) is 0 Å². The highest BCUT2D eigenvalue weighted by molar-refractivity contribution is 5.88. The lowest BCUT2D eigenvalue weighted by Crippen LogP contribution is -2.16. The topological polar surface area (TPSA) is 49.9 Å². The highest BCUT2D eigenvalue weighted by Gasteiger charge is 2.16. The van der Waals surface area contributed by atoms with Gasteiger partial charge < -0.3 is 15.0 Å². The van der Waals surface area contributed by atoms with Crippen LogP contribution in [0.4, 0.5) is 0 Å². The number of benzene rings is 2. The molecule has 2 aromatic heterocycles. The smallest absolute Gasteiger partial charge is 0.127 e. The summed E-state index contributed by atoms with van der Waals surface area (Å²) in [6, 6.07) is 14.8. The quantitative estimate of drug-likeness (QED) is 0.511. The molecule has 2 aromatic carbocycles. The standard InChI is InChI=1S/C24H25N3O/c1-4-17(24-20-10-12-25-14-11-21(20)27-22(24)7-1)6-3-15-28-23-8-2-5-18-16-26-13-9-19(18)23/h1-2,4-5,7-9,13,16,25,27H,3,6,10-12,14-15H2. The van der Waals surface area contributed by atoms with Crippen molar-refractivity contribution >= 4 is 21.7 Å². The van der Waals surface area contributed by atoms with E-state index in [1.165, 1.54) is 27.7 Å². The Morgan fingerprint density at radius 3 is 2.93 bits per heavy atom. The van der Waals surface area contributed by atoms with Crippen molar-refractivity contribution in [3.8, 4) is 5.75 Å². The number of hydrogen-bond acceptors (Lipinski definition) is 3. The highest BCUT2D eigenvalue weighted by Crippen LogP contribution is 2.29. The molecule has 1 aliphatic rings. The predicted molar refractivity (Wildman–Crippen MR) is 114 cm³/mol. The van der Waals surface area contributed by atoms with Crippen molar-refractivity contribution in [3.05, 3.63) is 71.7 Å². The van der Waals surface area contributed by atoms with Gasteiger partial charge in [0.1, 0.15) is 5.75 Å². The molecular weight excluding hydrogens is 346 g/mol. The second-order valence-corrected chi connectivity index (χ2v) is 7.48. The van der Waals surface area contributed by atoms with E-state index in [0.29, 0.717) is 6.61 Å². The molecular formula is C24H25N3O. The summed E-state index contributed by atoms with van der Waals surface area (Å²) in [7, 11) is 0. The van der Waals surface area contributed by atoms with Crippen molar-refractivity contribution in [1.82, 2.24) is 15.3 Å². The van der Waals surface area contributed by atoms with E-state index >= 15 is 0 Å². The van der Waals surface area contributed by atoms with Gasteiger partial charge in [0, 0.05) is 52.7 Å². The molecule has 4 nitrogen and oxygen atoms in total. The van der Waals surface area contributed by atoms with Crippen molar-refractivity contribution < 1.29 is 4.74 Å². The van der Waals surface area contributed by atoms with Gasteiger partial charge in [0.15, 0.2) is 0 Å². The van der Waals surface area contributed by atoms with Gasteiger partial charge in [0.05, 0.1) is 6.61 Å². The number of aryl methyl sites for hydroxylation is 1. The van der Waals surface area contributed by atoms with Gasteiger partial charge >= 0.3 is 0 Å². The lowest BCUT2D eigenvalue weighted by molar-refractivity contribution is 0.315. The minimum absolute atomic E-state index is 0.714. The zero-order chi connectivity index (χ0) is 18.8. The van der Waals surface area contributed by atoms with Gasteiger partial charge in [-0.1, -0.05) is 24.3 Å². The molecule has 28 heavy (non-hydrogen) atoms. The summed E-state index contributed by atoms with van der Waals surface area (Å²) in [5.74, 6) is 0.944. The minimum atomic E-state index is 0.714. The SMILES string of the molecule is c1cc(OCCCc2cccc3[nH]c4c(c23)CCNCC4)c2ccncc2c1. The average molecular weight is 371 g/mol. The van der Waals surface area contributed by atoms with Crippen LogP contribution in [0.25, 0.3) is 21.7 Å². The van der Waals surface area contributed by atoms with Crippen LogP contribution in [-0.2, 0) is 19.3 Å². The highest BCUT2D eigenvalue weighted by atomic mass is 16.5. The van der Waals surface area contributed by atoms with Gasteiger partial charge in [-0.2, -0.15) is 0 Å². The summed E-state index contributed by atoms with van der Waals surface area (Å²) in [5, 5.41) is 7.19. The van der Waals surface area contributed by atoms with Crippen LogP contribution in [0.2, 0.25) is 0 Å². The molecule has 0 aliphatic carbocycles. The van der Waals surface area contributed by atoms with Crippen LogP contribution < -0.4 is 10.1 Å². The Hall–Kier alpha value is -2.85. The van der Waals surface area contributed by atoms with E-state index in [0.717, 1.165) is 55.3 Å². The monoisotopic (exact) mass is 371 g/mol. The Bertz CT molecular complexity index is 1110. The van der Waals surface area contributed by atoms with Crippen LogP contribution >= 0.6 is 0 Å². The maximum absolute atomic E-state index is 6.12. The van der Waals surface area contributed by atoms with Crippen LogP contribution in [0.1, 0.15) is 23.2 Å². The van der Waals surface area contributed by atoms with E-state index in [1.807, 2.05) is 30.6 Å². The Morgan fingerprint density at radius 2 is 1.93 bits per heavy atom. The predicted octanol–water partition coefficient (Wildman–Crippen LogP) is 4.42. The van der Waals surface area contributed by atoms with E-state index in [9.17, 15) is 0 Å². The fraction of sp³-hybridized carbons (Fsp3) is 0.292. The van der Waals surface area contributed by atoms with Crippen LogP contribution in [-0.4, -0.2) is 29.7 Å². The lowest BCUT2D eigenvalue weighted by Gasteiger charge is -2.10. The third-order valence-corrected chi connectivity index (χ3v) is 5.69. The molecule has 0 amide bonds. The van der Waals surface area contributed by atoms with Gasteiger partial charge in [-0.3, -0.25) is 4.98 Å². The molecule has 0 bridgehead atoms. The molecule has 0 radical (unpaired) electrons. The molecule has 0 fully saturated rings. The number of ether oxygens (including phenoxy) is 1. The summed E-state index contributed by atoms with van der Waals surface area (Å²) < 4.78 is 6.12. The maximum Gasteiger partial charge on any atom is 0.127 e. The summed E-state index contributed by atoms with van der Waals surface area (Å²) in [6.45, 7) is 2.84. The fourth-order valence-electron chi connectivity index (χ4n) is 4.36. The Labute approximate surface area is 164 Å². The molecule has 1 aliphatic heterocycles. The zero-order valence-electron chi connectivity index (χ0n) is 16.0. The van der Waals surface area contributed by atoms with Gasteiger partial charge in [-0.25, -0.2) is 0 Å². The summed E-state index contributed by atoms with van der Waals surface area (Å²) in [5.41, 5.74) is 5.64. The second-order valence-electron chi connectivity index (χ2n) is 7.48. The molecule has 142 valence electrons. The first kappa shape index (κ1) is 17.3. The number of aromatic amines is 1. The summed E-state index contributed by atoms with van der Waals surface area (Å²) in [4.78, 5) is 7.85. The number of aromatic nitrogens is 2. The van der Waals surface area contributed by atoms with Crippen LogP contribution in [0.15, 0.2) is 54.9 Å². The largest absolute Gasteiger partial charge is 0.493 e. The lowest BCUT2D eigenvalue weighted by atomic mass is 9.99. The molecule has 0 atom stereocenters. The molecule has 0 spiro atoms. The molecule has 0 saturated carbocycles. The second kappa shape index (κ2) is 7.64. The van der Waals surface area contributed by atoms with Crippen LogP contribution in [0.3, 0.4) is 0 Å². The number of pyridine rings is 1. The molecule has 4 aromatic rings. The number of rotatable bonds is 5. The number of H-pyrrole nitrogens is 1. The first-order valence-corrected chi connectivity index (χ1v) is 10.2. The summed E-state index contributed by atoms with van der Waals surface area (Å²) >= 11 is 0. The molecule has 2 N–H and O–H groups in total. The van der Waals surface area contributed by atoms with E-state index in [1.54, 1.807) is 0 Å². The van der Waals surface area contributed by atoms with E-state index < -0.39 is 0 Å². The Morgan fingerprint density at radius 1 is 1.00 bits per heavy atom. The normalized spacial score (nSPS) is 14.1. The first-order chi connectivity index (χ1) is 13.9. The van der Waals surface area contributed by atoms with Gasteiger partial charge in [0.2, 0.25) is 0 Å².